The molecular formula is C8H14O2. The van der Waals surface area contributed by atoms with Gasteiger partial charge in [0.25, 0.3) is 0 Å². The predicted octanol–water partition coefficient (Wildman–Crippen LogP) is 1.73. The normalized spacial score (nSPS) is 11.9. The Morgan fingerprint density at radius 1 is 1.60 bits per heavy atom. The summed E-state index contributed by atoms with van der Waals surface area (Å²) in [5.41, 5.74) is 2.93. The van der Waals surface area contributed by atoms with Gasteiger partial charge in [0, 0.05) is 7.11 Å². The predicted molar refractivity (Wildman–Crippen MR) is 40.8 cm³/mol. The molecule has 0 amide bonds. The van der Waals surface area contributed by atoms with Gasteiger partial charge in [0.1, 0.15) is 6.79 Å². The van der Waals surface area contributed by atoms with Crippen molar-refractivity contribution in [3.05, 3.63) is 17.9 Å². The molecule has 0 saturated carbocycles. The summed E-state index contributed by atoms with van der Waals surface area (Å²) >= 11 is 0. The van der Waals surface area contributed by atoms with Gasteiger partial charge in [-0.25, -0.2) is 0 Å². The first-order valence-corrected chi connectivity index (χ1v) is 3.29. The van der Waals surface area contributed by atoms with Gasteiger partial charge in [-0.15, -0.1) is 5.73 Å². The Morgan fingerprint density at radius 3 is 2.80 bits per heavy atom. The maximum absolute atomic E-state index is 5.13. The standard InChI is InChI=1S/C8H14O2/c1-4-5-6-8(2)10-7-9-3/h4,6,8H,7H2,1-3H3. The van der Waals surface area contributed by atoms with Gasteiger partial charge in [0.2, 0.25) is 0 Å². The van der Waals surface area contributed by atoms with Crippen molar-refractivity contribution in [2.24, 2.45) is 0 Å². The Morgan fingerprint density at radius 2 is 2.30 bits per heavy atom. The fourth-order valence-corrected chi connectivity index (χ4v) is 0.455. The average Bonchev–Trinajstić information content (AvgIpc) is 1.97. The fourth-order valence-electron chi connectivity index (χ4n) is 0.455. The van der Waals surface area contributed by atoms with Crippen LogP contribution in [0.25, 0.3) is 0 Å². The lowest BCUT2D eigenvalue weighted by Gasteiger charge is -2.04. The lowest BCUT2D eigenvalue weighted by molar-refractivity contribution is -0.0494. The van der Waals surface area contributed by atoms with Crippen LogP contribution in [-0.4, -0.2) is 20.0 Å². The molecule has 0 rings (SSSR count). The molecule has 0 aromatic heterocycles. The molecule has 0 aliphatic rings. The molecule has 2 heteroatoms. The highest BCUT2D eigenvalue weighted by Gasteiger charge is 1.92. The summed E-state index contributed by atoms with van der Waals surface area (Å²) in [7, 11) is 1.60. The van der Waals surface area contributed by atoms with Crippen LogP contribution in [-0.2, 0) is 9.47 Å². The molecular weight excluding hydrogens is 128 g/mol. The van der Waals surface area contributed by atoms with E-state index in [1.807, 2.05) is 26.0 Å². The van der Waals surface area contributed by atoms with Gasteiger partial charge >= 0.3 is 0 Å². The van der Waals surface area contributed by atoms with Crippen molar-refractivity contribution < 1.29 is 9.47 Å². The quantitative estimate of drug-likeness (QED) is 0.439. The van der Waals surface area contributed by atoms with Crippen LogP contribution in [0.15, 0.2) is 17.9 Å². The van der Waals surface area contributed by atoms with Crippen molar-refractivity contribution in [2.75, 3.05) is 13.9 Å². The molecule has 0 heterocycles. The third-order valence-electron chi connectivity index (χ3n) is 0.946. The molecule has 0 bridgehead atoms. The topological polar surface area (TPSA) is 18.5 Å². The second-order valence-corrected chi connectivity index (χ2v) is 1.90. The molecule has 10 heavy (non-hydrogen) atoms. The van der Waals surface area contributed by atoms with Crippen molar-refractivity contribution >= 4 is 0 Å². The zero-order chi connectivity index (χ0) is 7.82. The van der Waals surface area contributed by atoms with Crippen LogP contribution >= 0.6 is 0 Å². The molecule has 2 nitrogen and oxygen atoms in total. The number of methoxy groups -OCH3 is 1. The molecule has 0 aliphatic carbocycles. The minimum atomic E-state index is 0.0798. The first kappa shape index (κ1) is 9.44. The molecule has 0 aromatic rings. The van der Waals surface area contributed by atoms with Gasteiger partial charge < -0.3 is 9.47 Å². The van der Waals surface area contributed by atoms with Crippen LogP contribution in [0.5, 0.6) is 0 Å². The highest BCUT2D eigenvalue weighted by molar-refractivity contribution is 4.86. The smallest absolute Gasteiger partial charge is 0.147 e. The van der Waals surface area contributed by atoms with Crippen molar-refractivity contribution in [3.8, 4) is 0 Å². The summed E-state index contributed by atoms with van der Waals surface area (Å²) in [6.07, 6.45) is 3.77. The largest absolute Gasteiger partial charge is 0.359 e. The Bertz CT molecular complexity index is 123. The van der Waals surface area contributed by atoms with E-state index in [1.165, 1.54) is 0 Å². The molecule has 1 unspecified atom stereocenters. The second-order valence-electron chi connectivity index (χ2n) is 1.90. The highest BCUT2D eigenvalue weighted by atomic mass is 16.7. The van der Waals surface area contributed by atoms with E-state index >= 15 is 0 Å². The van der Waals surface area contributed by atoms with Crippen LogP contribution in [0.3, 0.4) is 0 Å². The molecule has 0 radical (unpaired) electrons. The number of ether oxygens (including phenoxy) is 2. The van der Waals surface area contributed by atoms with Gasteiger partial charge in [-0.2, -0.15) is 0 Å². The van der Waals surface area contributed by atoms with Crippen LogP contribution in [0.2, 0.25) is 0 Å². The molecule has 0 aliphatic heterocycles. The third-order valence-corrected chi connectivity index (χ3v) is 0.946. The van der Waals surface area contributed by atoms with E-state index in [2.05, 4.69) is 5.73 Å². The lowest BCUT2D eigenvalue weighted by atomic mass is 10.4. The number of hydrogen-bond acceptors (Lipinski definition) is 2. The van der Waals surface area contributed by atoms with Crippen molar-refractivity contribution in [2.45, 2.75) is 20.0 Å². The van der Waals surface area contributed by atoms with E-state index in [1.54, 1.807) is 7.11 Å². The van der Waals surface area contributed by atoms with Crippen molar-refractivity contribution in [3.63, 3.8) is 0 Å². The zero-order valence-electron chi connectivity index (χ0n) is 6.76. The van der Waals surface area contributed by atoms with Gasteiger partial charge in [-0.1, -0.05) is 0 Å². The summed E-state index contributed by atoms with van der Waals surface area (Å²) < 4.78 is 9.85. The Balaban J connectivity index is 3.43. The van der Waals surface area contributed by atoms with E-state index < -0.39 is 0 Å². The maximum Gasteiger partial charge on any atom is 0.147 e. The van der Waals surface area contributed by atoms with Crippen LogP contribution in [0.4, 0.5) is 0 Å². The van der Waals surface area contributed by atoms with E-state index in [0.717, 1.165) is 0 Å². The summed E-state index contributed by atoms with van der Waals surface area (Å²) in [5.74, 6) is 0. The SMILES string of the molecule is CC=C=CC(C)OCOC. The number of rotatable bonds is 4. The fraction of sp³-hybridized carbons (Fsp3) is 0.625. The first-order valence-electron chi connectivity index (χ1n) is 3.29. The maximum atomic E-state index is 5.13. The van der Waals surface area contributed by atoms with Crippen LogP contribution in [0.1, 0.15) is 13.8 Å². The molecule has 0 fully saturated rings. The van der Waals surface area contributed by atoms with Gasteiger partial charge in [-0.3, -0.25) is 0 Å². The highest BCUT2D eigenvalue weighted by Crippen LogP contribution is 1.90. The van der Waals surface area contributed by atoms with Crippen molar-refractivity contribution in [1.82, 2.24) is 0 Å². The minimum Gasteiger partial charge on any atom is -0.359 e. The Hall–Kier alpha value is -0.560. The zero-order valence-corrected chi connectivity index (χ0v) is 6.76. The van der Waals surface area contributed by atoms with E-state index in [0.29, 0.717) is 6.79 Å². The van der Waals surface area contributed by atoms with E-state index in [4.69, 9.17) is 9.47 Å². The summed E-state index contributed by atoms with van der Waals surface area (Å²) in [4.78, 5) is 0. The summed E-state index contributed by atoms with van der Waals surface area (Å²) in [5, 5.41) is 0. The third kappa shape index (κ3) is 5.57. The second kappa shape index (κ2) is 6.56. The molecule has 0 saturated heterocycles. The van der Waals surface area contributed by atoms with Crippen LogP contribution in [0, 0.1) is 0 Å². The molecule has 0 aromatic carbocycles. The Kier molecular flexibility index (Phi) is 6.19. The molecule has 58 valence electrons. The average molecular weight is 142 g/mol. The summed E-state index contributed by atoms with van der Waals surface area (Å²) in [6.45, 7) is 4.19. The van der Waals surface area contributed by atoms with E-state index in [-0.39, 0.29) is 6.10 Å². The van der Waals surface area contributed by atoms with Crippen molar-refractivity contribution in [1.29, 1.82) is 0 Å². The van der Waals surface area contributed by atoms with Gasteiger partial charge in [-0.05, 0) is 26.0 Å². The van der Waals surface area contributed by atoms with Gasteiger partial charge in [0.05, 0.1) is 6.10 Å². The van der Waals surface area contributed by atoms with Crippen LogP contribution < -0.4 is 0 Å². The Labute approximate surface area is 62.1 Å². The molecule has 1 atom stereocenters. The lowest BCUT2D eigenvalue weighted by Crippen LogP contribution is -2.06. The number of hydrogen-bond donors (Lipinski definition) is 0. The molecule has 0 N–H and O–H groups in total. The molecule has 0 spiro atoms. The minimum absolute atomic E-state index is 0.0798. The van der Waals surface area contributed by atoms with E-state index in [9.17, 15) is 0 Å². The summed E-state index contributed by atoms with van der Waals surface area (Å²) in [6, 6.07) is 0. The first-order chi connectivity index (χ1) is 4.81. The van der Waals surface area contributed by atoms with Gasteiger partial charge in [0.15, 0.2) is 0 Å². The monoisotopic (exact) mass is 142 g/mol.